The van der Waals surface area contributed by atoms with E-state index < -0.39 is 0 Å². The molecule has 2 aromatic rings. The Morgan fingerprint density at radius 2 is 1.89 bits per heavy atom. The average Bonchev–Trinajstić information content (AvgIpc) is 2.40. The highest BCUT2D eigenvalue weighted by Crippen LogP contribution is 2.25. The molecule has 2 N–H and O–H groups in total. The quantitative estimate of drug-likeness (QED) is 0.859. The third-order valence-corrected chi connectivity index (χ3v) is 2.84. The lowest BCUT2D eigenvalue weighted by molar-refractivity contribution is 0.293. The van der Waals surface area contributed by atoms with Crippen LogP contribution < -0.4 is 15.2 Å². The molecule has 2 rings (SSSR count). The highest BCUT2D eigenvalue weighted by molar-refractivity contribution is 5.48. The molecule has 0 unspecified atom stereocenters. The van der Waals surface area contributed by atoms with Gasteiger partial charge in [0.05, 0.1) is 7.11 Å². The molecule has 0 saturated carbocycles. The summed E-state index contributed by atoms with van der Waals surface area (Å²) in [5.41, 5.74) is 8.06. The lowest BCUT2D eigenvalue weighted by Gasteiger charge is -2.12. The van der Waals surface area contributed by atoms with Crippen molar-refractivity contribution < 1.29 is 13.9 Å². The van der Waals surface area contributed by atoms with Crippen LogP contribution in [-0.2, 0) is 6.61 Å². The molecule has 0 aliphatic rings. The van der Waals surface area contributed by atoms with E-state index in [9.17, 15) is 4.39 Å². The molecule has 100 valence electrons. The van der Waals surface area contributed by atoms with E-state index in [2.05, 4.69) is 0 Å². The first-order valence-corrected chi connectivity index (χ1v) is 5.91. The van der Waals surface area contributed by atoms with Crippen LogP contribution in [0.2, 0.25) is 0 Å². The van der Waals surface area contributed by atoms with E-state index in [-0.39, 0.29) is 5.82 Å². The van der Waals surface area contributed by atoms with Gasteiger partial charge in [-0.15, -0.1) is 0 Å². The molecule has 0 atom stereocenters. The first kappa shape index (κ1) is 13.2. The second-order valence-corrected chi connectivity index (χ2v) is 4.27. The Morgan fingerprint density at radius 3 is 2.63 bits per heavy atom. The molecule has 0 fully saturated rings. The molecule has 0 aliphatic carbocycles. The maximum atomic E-state index is 13.2. The van der Waals surface area contributed by atoms with Gasteiger partial charge < -0.3 is 15.2 Å². The summed E-state index contributed by atoms with van der Waals surface area (Å²) in [5, 5.41) is 0. The predicted octanol–water partition coefficient (Wildman–Crippen LogP) is 3.30. The lowest BCUT2D eigenvalue weighted by Crippen LogP contribution is -2.01. The van der Waals surface area contributed by atoms with Gasteiger partial charge in [0.2, 0.25) is 0 Å². The highest BCUT2D eigenvalue weighted by atomic mass is 19.1. The molecule has 3 nitrogen and oxygen atoms in total. The van der Waals surface area contributed by atoms with Crippen LogP contribution in [-0.4, -0.2) is 7.11 Å². The van der Waals surface area contributed by atoms with E-state index in [1.807, 2.05) is 13.0 Å². The molecule has 0 radical (unpaired) electrons. The zero-order valence-electron chi connectivity index (χ0n) is 10.9. The van der Waals surface area contributed by atoms with E-state index in [4.69, 9.17) is 15.2 Å². The third-order valence-electron chi connectivity index (χ3n) is 2.84. The monoisotopic (exact) mass is 261 g/mol. The minimum atomic E-state index is -0.315. The van der Waals surface area contributed by atoms with Crippen LogP contribution in [0.15, 0.2) is 36.4 Å². The van der Waals surface area contributed by atoms with Crippen molar-refractivity contribution in [2.24, 2.45) is 0 Å². The summed E-state index contributed by atoms with van der Waals surface area (Å²) in [5.74, 6) is 0.873. The number of methoxy groups -OCH3 is 1. The molecule has 0 heterocycles. The van der Waals surface area contributed by atoms with Crippen LogP contribution in [0.3, 0.4) is 0 Å². The first-order chi connectivity index (χ1) is 9.10. The lowest BCUT2D eigenvalue weighted by atomic mass is 10.2. The smallest absolute Gasteiger partial charge is 0.127 e. The van der Waals surface area contributed by atoms with Crippen LogP contribution in [0.5, 0.6) is 11.5 Å². The van der Waals surface area contributed by atoms with Gasteiger partial charge in [0.1, 0.15) is 23.9 Å². The van der Waals surface area contributed by atoms with E-state index in [0.717, 1.165) is 11.1 Å². The van der Waals surface area contributed by atoms with Gasteiger partial charge in [0, 0.05) is 23.4 Å². The summed E-state index contributed by atoms with van der Waals surface area (Å²) in [7, 11) is 1.58. The van der Waals surface area contributed by atoms with Gasteiger partial charge >= 0.3 is 0 Å². The Morgan fingerprint density at radius 1 is 1.11 bits per heavy atom. The molecule has 0 bridgehead atoms. The van der Waals surface area contributed by atoms with E-state index in [1.54, 1.807) is 25.3 Å². The Bertz CT molecular complexity index is 584. The number of nitrogens with two attached hydrogens (primary N) is 1. The molecule has 0 amide bonds. The summed E-state index contributed by atoms with van der Waals surface area (Å²) in [6, 6.07) is 9.82. The number of benzene rings is 2. The number of halogens is 1. The Labute approximate surface area is 111 Å². The van der Waals surface area contributed by atoms with E-state index in [0.29, 0.717) is 23.8 Å². The molecule has 2 aromatic carbocycles. The fourth-order valence-corrected chi connectivity index (χ4v) is 1.77. The van der Waals surface area contributed by atoms with Crippen LogP contribution in [0.1, 0.15) is 11.1 Å². The van der Waals surface area contributed by atoms with Crippen molar-refractivity contribution in [3.63, 3.8) is 0 Å². The minimum absolute atomic E-state index is 0.299. The van der Waals surface area contributed by atoms with Crippen molar-refractivity contribution in [1.82, 2.24) is 0 Å². The van der Waals surface area contributed by atoms with Crippen molar-refractivity contribution in [3.8, 4) is 11.5 Å². The molecular formula is C15H16FNO2. The van der Waals surface area contributed by atoms with Crippen molar-refractivity contribution >= 4 is 5.69 Å². The van der Waals surface area contributed by atoms with Crippen molar-refractivity contribution in [1.29, 1.82) is 0 Å². The molecule has 4 heteroatoms. The van der Waals surface area contributed by atoms with Gasteiger partial charge in [-0.1, -0.05) is 6.07 Å². The van der Waals surface area contributed by atoms with Gasteiger partial charge in [-0.3, -0.25) is 0 Å². The largest absolute Gasteiger partial charge is 0.496 e. The molecule has 0 aliphatic heterocycles. The van der Waals surface area contributed by atoms with E-state index in [1.165, 1.54) is 12.1 Å². The van der Waals surface area contributed by atoms with Gasteiger partial charge in [0.25, 0.3) is 0 Å². The summed E-state index contributed by atoms with van der Waals surface area (Å²) in [6.07, 6.45) is 0. The van der Waals surface area contributed by atoms with Crippen LogP contribution >= 0.6 is 0 Å². The zero-order valence-corrected chi connectivity index (χ0v) is 10.9. The molecular weight excluding hydrogens is 245 g/mol. The molecule has 0 aromatic heterocycles. The standard InChI is InChI=1S/C15H16FNO2/c1-10-3-5-12(16)7-14(10)19-9-11-4-6-13(17)8-15(11)18-2/h3-8H,9,17H2,1-2H3. The third kappa shape index (κ3) is 3.16. The number of nitrogen functional groups attached to an aromatic ring is 1. The number of rotatable bonds is 4. The second kappa shape index (κ2) is 5.61. The fraction of sp³-hybridized carbons (Fsp3) is 0.200. The van der Waals surface area contributed by atoms with Crippen molar-refractivity contribution in [2.45, 2.75) is 13.5 Å². The number of hydrogen-bond acceptors (Lipinski definition) is 3. The SMILES string of the molecule is COc1cc(N)ccc1COc1cc(F)ccc1C. The molecule has 0 saturated heterocycles. The van der Waals surface area contributed by atoms with E-state index >= 15 is 0 Å². The maximum Gasteiger partial charge on any atom is 0.127 e. The topological polar surface area (TPSA) is 44.5 Å². The molecule has 19 heavy (non-hydrogen) atoms. The fourth-order valence-electron chi connectivity index (χ4n) is 1.77. The summed E-state index contributed by atoms with van der Waals surface area (Å²) < 4.78 is 24.0. The van der Waals surface area contributed by atoms with Crippen LogP contribution in [0.25, 0.3) is 0 Å². The summed E-state index contributed by atoms with van der Waals surface area (Å²) in [6.45, 7) is 2.17. The van der Waals surface area contributed by atoms with Gasteiger partial charge in [0.15, 0.2) is 0 Å². The normalized spacial score (nSPS) is 10.3. The zero-order chi connectivity index (χ0) is 13.8. The Hall–Kier alpha value is -2.23. The summed E-state index contributed by atoms with van der Waals surface area (Å²) in [4.78, 5) is 0. The second-order valence-electron chi connectivity index (χ2n) is 4.27. The minimum Gasteiger partial charge on any atom is -0.496 e. The number of ether oxygens (including phenoxy) is 2. The van der Waals surface area contributed by atoms with Crippen LogP contribution in [0, 0.1) is 12.7 Å². The summed E-state index contributed by atoms with van der Waals surface area (Å²) >= 11 is 0. The molecule has 0 spiro atoms. The van der Waals surface area contributed by atoms with Crippen LogP contribution in [0.4, 0.5) is 10.1 Å². The number of aryl methyl sites for hydroxylation is 1. The van der Waals surface area contributed by atoms with Gasteiger partial charge in [-0.2, -0.15) is 0 Å². The predicted molar refractivity (Wildman–Crippen MR) is 72.9 cm³/mol. The Kier molecular flexibility index (Phi) is 3.90. The first-order valence-electron chi connectivity index (χ1n) is 5.91. The van der Waals surface area contributed by atoms with Crippen molar-refractivity contribution in [3.05, 3.63) is 53.3 Å². The number of anilines is 1. The highest BCUT2D eigenvalue weighted by Gasteiger charge is 2.06. The average molecular weight is 261 g/mol. The van der Waals surface area contributed by atoms with Crippen molar-refractivity contribution in [2.75, 3.05) is 12.8 Å². The maximum absolute atomic E-state index is 13.2. The Balaban J connectivity index is 2.16. The van der Waals surface area contributed by atoms with Gasteiger partial charge in [-0.05, 0) is 30.7 Å². The number of hydrogen-bond donors (Lipinski definition) is 1. The van der Waals surface area contributed by atoms with Gasteiger partial charge in [-0.25, -0.2) is 4.39 Å².